The van der Waals surface area contributed by atoms with Crippen LogP contribution in [0.25, 0.3) is 0 Å². The van der Waals surface area contributed by atoms with Gasteiger partial charge in [-0.3, -0.25) is 0 Å². The molecule has 0 aromatic heterocycles. The van der Waals surface area contributed by atoms with Gasteiger partial charge in [-0.15, -0.1) is 0 Å². The number of hydrogen-bond acceptors (Lipinski definition) is 3. The lowest BCUT2D eigenvalue weighted by Gasteiger charge is -2.18. The summed E-state index contributed by atoms with van der Waals surface area (Å²) < 4.78 is 27.1. The van der Waals surface area contributed by atoms with Gasteiger partial charge in [-0.1, -0.05) is 32.0 Å². The standard InChI is InChI=1S/C14H22N2O2S/c1-11-9-16(10-12(11)2)19(17,18)14-7-5-4-6-13(14)8-15-3/h4-7,11-12,15H,8-10H2,1-3H3. The van der Waals surface area contributed by atoms with Crippen LogP contribution in [0.4, 0.5) is 0 Å². The third kappa shape index (κ3) is 2.83. The summed E-state index contributed by atoms with van der Waals surface area (Å²) in [5.41, 5.74) is 0.831. The van der Waals surface area contributed by atoms with Gasteiger partial charge in [0.1, 0.15) is 0 Å². The summed E-state index contributed by atoms with van der Waals surface area (Å²) in [7, 11) is -1.54. The first kappa shape index (κ1) is 14.5. The lowest BCUT2D eigenvalue weighted by Crippen LogP contribution is -2.30. The van der Waals surface area contributed by atoms with Crippen molar-refractivity contribution in [2.75, 3.05) is 20.1 Å². The average molecular weight is 282 g/mol. The summed E-state index contributed by atoms with van der Waals surface area (Å²) in [6.07, 6.45) is 0. The minimum Gasteiger partial charge on any atom is -0.316 e. The number of hydrogen-bond donors (Lipinski definition) is 1. The highest BCUT2D eigenvalue weighted by atomic mass is 32.2. The van der Waals surface area contributed by atoms with Crippen LogP contribution < -0.4 is 5.32 Å². The smallest absolute Gasteiger partial charge is 0.243 e. The van der Waals surface area contributed by atoms with Gasteiger partial charge < -0.3 is 5.32 Å². The largest absolute Gasteiger partial charge is 0.316 e. The molecule has 19 heavy (non-hydrogen) atoms. The molecule has 1 aromatic carbocycles. The van der Waals surface area contributed by atoms with Crippen LogP contribution in [-0.4, -0.2) is 32.9 Å². The SMILES string of the molecule is CNCc1ccccc1S(=O)(=O)N1CC(C)C(C)C1. The minimum atomic E-state index is -3.36. The Labute approximate surface area is 115 Å². The summed E-state index contributed by atoms with van der Waals surface area (Å²) in [5.74, 6) is 0.845. The second kappa shape index (κ2) is 5.61. The van der Waals surface area contributed by atoms with Crippen LogP contribution in [0.3, 0.4) is 0 Å². The van der Waals surface area contributed by atoms with E-state index in [2.05, 4.69) is 19.2 Å². The summed E-state index contributed by atoms with van der Waals surface area (Å²) in [6.45, 7) is 6.03. The van der Waals surface area contributed by atoms with Crippen molar-refractivity contribution in [2.24, 2.45) is 11.8 Å². The summed E-state index contributed by atoms with van der Waals surface area (Å²) in [6, 6.07) is 7.23. The number of benzene rings is 1. The van der Waals surface area contributed by atoms with E-state index >= 15 is 0 Å². The summed E-state index contributed by atoms with van der Waals surface area (Å²) in [5, 5.41) is 3.02. The van der Waals surface area contributed by atoms with Crippen molar-refractivity contribution in [3.8, 4) is 0 Å². The molecule has 1 N–H and O–H groups in total. The fourth-order valence-electron chi connectivity index (χ4n) is 2.50. The fourth-order valence-corrected chi connectivity index (χ4v) is 4.37. The van der Waals surface area contributed by atoms with Gasteiger partial charge in [-0.2, -0.15) is 4.31 Å². The molecule has 2 unspecified atom stereocenters. The average Bonchev–Trinajstić information content (AvgIpc) is 2.71. The molecule has 0 bridgehead atoms. The minimum absolute atomic E-state index is 0.422. The molecule has 1 aliphatic heterocycles. The fraction of sp³-hybridized carbons (Fsp3) is 0.571. The molecule has 5 heteroatoms. The van der Waals surface area contributed by atoms with Crippen molar-refractivity contribution in [3.63, 3.8) is 0 Å². The van der Waals surface area contributed by atoms with E-state index in [1.54, 1.807) is 16.4 Å². The van der Waals surface area contributed by atoms with Crippen molar-refractivity contribution in [3.05, 3.63) is 29.8 Å². The molecule has 0 saturated carbocycles. The van der Waals surface area contributed by atoms with Gasteiger partial charge >= 0.3 is 0 Å². The van der Waals surface area contributed by atoms with Gasteiger partial charge in [0.15, 0.2) is 0 Å². The van der Waals surface area contributed by atoms with Gasteiger partial charge in [-0.05, 0) is 30.5 Å². The first-order chi connectivity index (χ1) is 8.96. The number of nitrogens with zero attached hydrogens (tertiary/aromatic N) is 1. The molecule has 0 aliphatic carbocycles. The second-order valence-electron chi connectivity index (χ2n) is 5.41. The lowest BCUT2D eigenvalue weighted by atomic mass is 10.0. The van der Waals surface area contributed by atoms with Gasteiger partial charge in [0, 0.05) is 19.6 Å². The molecule has 106 valence electrons. The highest BCUT2D eigenvalue weighted by molar-refractivity contribution is 7.89. The van der Waals surface area contributed by atoms with Crippen LogP contribution in [0.15, 0.2) is 29.2 Å². The predicted molar refractivity (Wildman–Crippen MR) is 76.3 cm³/mol. The molecule has 1 heterocycles. The van der Waals surface area contributed by atoms with E-state index < -0.39 is 10.0 Å². The molecule has 1 fully saturated rings. The van der Waals surface area contributed by atoms with Crippen molar-refractivity contribution in [2.45, 2.75) is 25.3 Å². The monoisotopic (exact) mass is 282 g/mol. The van der Waals surface area contributed by atoms with E-state index in [0.29, 0.717) is 36.4 Å². The summed E-state index contributed by atoms with van der Waals surface area (Å²) in [4.78, 5) is 0.436. The Morgan fingerprint density at radius 1 is 1.21 bits per heavy atom. The van der Waals surface area contributed by atoms with E-state index in [1.165, 1.54) is 0 Å². The molecule has 2 atom stereocenters. The second-order valence-corrected chi connectivity index (χ2v) is 7.32. The Kier molecular flexibility index (Phi) is 4.28. The Balaban J connectivity index is 2.35. The van der Waals surface area contributed by atoms with Crippen molar-refractivity contribution in [1.82, 2.24) is 9.62 Å². The third-order valence-electron chi connectivity index (χ3n) is 3.91. The van der Waals surface area contributed by atoms with E-state index in [9.17, 15) is 8.42 Å². The van der Waals surface area contributed by atoms with Gasteiger partial charge in [0.25, 0.3) is 0 Å². The van der Waals surface area contributed by atoms with Gasteiger partial charge in [0.2, 0.25) is 10.0 Å². The highest BCUT2D eigenvalue weighted by Crippen LogP contribution is 2.29. The zero-order chi connectivity index (χ0) is 14.0. The first-order valence-corrected chi connectivity index (χ1v) is 8.13. The zero-order valence-corrected chi connectivity index (χ0v) is 12.6. The predicted octanol–water partition coefficient (Wildman–Crippen LogP) is 1.68. The first-order valence-electron chi connectivity index (χ1n) is 6.69. The van der Waals surface area contributed by atoms with Crippen LogP contribution in [0, 0.1) is 11.8 Å². The van der Waals surface area contributed by atoms with Crippen LogP contribution in [0.2, 0.25) is 0 Å². The Morgan fingerprint density at radius 2 is 1.79 bits per heavy atom. The Hall–Kier alpha value is -0.910. The molecule has 0 amide bonds. The van der Waals surface area contributed by atoms with Crippen molar-refractivity contribution in [1.29, 1.82) is 0 Å². The van der Waals surface area contributed by atoms with Gasteiger partial charge in [0.05, 0.1) is 4.90 Å². The molecule has 0 spiro atoms. The molecule has 1 saturated heterocycles. The quantitative estimate of drug-likeness (QED) is 0.914. The van der Waals surface area contributed by atoms with E-state index in [1.807, 2.05) is 19.2 Å². The normalized spacial score (nSPS) is 24.8. The van der Waals surface area contributed by atoms with Crippen molar-refractivity contribution >= 4 is 10.0 Å². The Morgan fingerprint density at radius 3 is 2.37 bits per heavy atom. The van der Waals surface area contributed by atoms with Crippen LogP contribution in [-0.2, 0) is 16.6 Å². The number of nitrogens with one attached hydrogen (secondary N) is 1. The maximum absolute atomic E-state index is 12.7. The van der Waals surface area contributed by atoms with E-state index in [4.69, 9.17) is 0 Å². The summed E-state index contributed by atoms with van der Waals surface area (Å²) >= 11 is 0. The van der Waals surface area contributed by atoms with Crippen molar-refractivity contribution < 1.29 is 8.42 Å². The third-order valence-corrected chi connectivity index (χ3v) is 5.84. The molecule has 2 rings (SSSR count). The number of sulfonamides is 1. The van der Waals surface area contributed by atoms with Gasteiger partial charge in [-0.25, -0.2) is 8.42 Å². The molecule has 4 nitrogen and oxygen atoms in total. The maximum Gasteiger partial charge on any atom is 0.243 e. The van der Waals surface area contributed by atoms with Crippen LogP contribution >= 0.6 is 0 Å². The number of rotatable bonds is 4. The molecular weight excluding hydrogens is 260 g/mol. The highest BCUT2D eigenvalue weighted by Gasteiger charge is 2.35. The van der Waals surface area contributed by atoms with E-state index in [0.717, 1.165) is 5.56 Å². The van der Waals surface area contributed by atoms with Crippen LogP contribution in [0.5, 0.6) is 0 Å². The Bertz CT molecular complexity index is 532. The zero-order valence-electron chi connectivity index (χ0n) is 11.8. The molecule has 0 radical (unpaired) electrons. The molecule has 1 aliphatic rings. The van der Waals surface area contributed by atoms with Crippen LogP contribution in [0.1, 0.15) is 19.4 Å². The lowest BCUT2D eigenvalue weighted by molar-refractivity contribution is 0.462. The maximum atomic E-state index is 12.7. The molecular formula is C14H22N2O2S. The molecule has 1 aromatic rings. The van der Waals surface area contributed by atoms with E-state index in [-0.39, 0.29) is 0 Å². The topological polar surface area (TPSA) is 49.4 Å².